The summed E-state index contributed by atoms with van der Waals surface area (Å²) in [6, 6.07) is 5.93. The number of nitrogens with zero attached hydrogens (tertiary/aromatic N) is 4. The van der Waals surface area contributed by atoms with Crippen LogP contribution in [0.15, 0.2) is 24.3 Å². The molecule has 3 aliphatic rings. The summed E-state index contributed by atoms with van der Waals surface area (Å²) in [7, 11) is 0. The van der Waals surface area contributed by atoms with Crippen LogP contribution in [0.2, 0.25) is 0 Å². The van der Waals surface area contributed by atoms with Crippen LogP contribution in [-0.2, 0) is 15.8 Å². The SMILES string of the molecule is C[C@H](c1ccccc1C(F)(F)F)N1C(=O)[C@H]2CC1CN2C[C@H](C)C(=O)N1CCC[C@H]1C#N. The summed E-state index contributed by atoms with van der Waals surface area (Å²) in [6.45, 7) is 4.98. The lowest BCUT2D eigenvalue weighted by Crippen LogP contribution is -2.53. The number of nitriles is 1. The van der Waals surface area contributed by atoms with Crippen LogP contribution >= 0.6 is 0 Å². The molecule has 172 valence electrons. The number of piperazine rings is 1. The maximum atomic E-state index is 13.5. The quantitative estimate of drug-likeness (QED) is 0.694. The average Bonchev–Trinajstić information content (AvgIpc) is 3.46. The molecule has 6 nitrogen and oxygen atoms in total. The Morgan fingerprint density at radius 3 is 2.66 bits per heavy atom. The average molecular weight is 448 g/mol. The monoisotopic (exact) mass is 448 g/mol. The highest BCUT2D eigenvalue weighted by Gasteiger charge is 2.52. The molecule has 0 N–H and O–H groups in total. The fourth-order valence-electron chi connectivity index (χ4n) is 5.55. The lowest BCUT2D eigenvalue weighted by atomic mass is 9.99. The van der Waals surface area contributed by atoms with E-state index < -0.39 is 23.8 Å². The molecule has 0 saturated carbocycles. The van der Waals surface area contributed by atoms with Crippen molar-refractivity contribution < 1.29 is 22.8 Å². The zero-order valence-corrected chi connectivity index (χ0v) is 18.2. The van der Waals surface area contributed by atoms with Crippen molar-refractivity contribution in [3.05, 3.63) is 35.4 Å². The summed E-state index contributed by atoms with van der Waals surface area (Å²) in [6.07, 6.45) is -2.42. The molecule has 0 aliphatic carbocycles. The first-order valence-electron chi connectivity index (χ1n) is 11.1. The molecule has 3 aliphatic heterocycles. The minimum Gasteiger partial charge on any atom is -0.330 e. The van der Waals surface area contributed by atoms with Gasteiger partial charge in [0.25, 0.3) is 0 Å². The zero-order chi connectivity index (χ0) is 23.2. The van der Waals surface area contributed by atoms with Gasteiger partial charge in [-0.3, -0.25) is 14.5 Å². The van der Waals surface area contributed by atoms with Gasteiger partial charge in [0, 0.05) is 31.6 Å². The summed E-state index contributed by atoms with van der Waals surface area (Å²) >= 11 is 0. The van der Waals surface area contributed by atoms with Crippen LogP contribution in [0.4, 0.5) is 13.2 Å². The standard InChI is InChI=1S/C23H27F3N4O2/c1-14(21(31)29-9-5-6-16(29)11-27)12-28-13-17-10-20(28)22(32)30(17)15(2)18-7-3-4-8-19(18)23(24,25)26/h3-4,7-8,14-17,20H,5-6,9-10,12-13H2,1-2H3/t14-,15+,16-,17?,20+/m0/s1. The van der Waals surface area contributed by atoms with E-state index >= 15 is 0 Å². The largest absolute Gasteiger partial charge is 0.416 e. The molecular formula is C23H27F3N4O2. The first-order chi connectivity index (χ1) is 15.1. The van der Waals surface area contributed by atoms with E-state index in [0.717, 1.165) is 12.5 Å². The normalized spacial score (nSPS) is 27.6. The van der Waals surface area contributed by atoms with Gasteiger partial charge in [0.05, 0.1) is 23.7 Å². The number of likely N-dealkylation sites (tertiary alicyclic amines) is 3. The van der Waals surface area contributed by atoms with Crippen LogP contribution in [-0.4, -0.2) is 64.3 Å². The molecule has 3 heterocycles. The van der Waals surface area contributed by atoms with E-state index in [0.29, 0.717) is 32.5 Å². The second-order valence-electron chi connectivity index (χ2n) is 9.09. The molecule has 9 heteroatoms. The van der Waals surface area contributed by atoms with Gasteiger partial charge in [0.2, 0.25) is 11.8 Å². The molecule has 5 atom stereocenters. The molecule has 1 aromatic carbocycles. The molecule has 32 heavy (non-hydrogen) atoms. The van der Waals surface area contributed by atoms with Gasteiger partial charge in [-0.05, 0) is 37.8 Å². The highest BCUT2D eigenvalue weighted by molar-refractivity contribution is 5.86. The van der Waals surface area contributed by atoms with Gasteiger partial charge in [0.1, 0.15) is 6.04 Å². The number of hydrogen-bond donors (Lipinski definition) is 0. The summed E-state index contributed by atoms with van der Waals surface area (Å²) in [5, 5.41) is 9.24. The number of benzene rings is 1. The molecule has 2 bridgehead atoms. The van der Waals surface area contributed by atoms with Gasteiger partial charge in [-0.15, -0.1) is 0 Å². The van der Waals surface area contributed by atoms with Crippen molar-refractivity contribution in [2.24, 2.45) is 5.92 Å². The lowest BCUT2D eigenvalue weighted by Gasteiger charge is -2.39. The predicted octanol–water partition coefficient (Wildman–Crippen LogP) is 3.20. The van der Waals surface area contributed by atoms with Crippen molar-refractivity contribution in [1.29, 1.82) is 5.26 Å². The number of alkyl halides is 3. The predicted molar refractivity (Wildman–Crippen MR) is 110 cm³/mol. The van der Waals surface area contributed by atoms with Gasteiger partial charge >= 0.3 is 6.18 Å². The van der Waals surface area contributed by atoms with Crippen molar-refractivity contribution >= 4 is 11.8 Å². The Labute approximate surface area is 185 Å². The van der Waals surface area contributed by atoms with E-state index in [-0.39, 0.29) is 35.4 Å². The van der Waals surface area contributed by atoms with Gasteiger partial charge in [0.15, 0.2) is 0 Å². The topological polar surface area (TPSA) is 67.7 Å². The number of carbonyl (C=O) groups excluding carboxylic acids is 2. The Kier molecular flexibility index (Phi) is 5.93. The number of carbonyl (C=O) groups is 2. The fraction of sp³-hybridized carbons (Fsp3) is 0.609. The molecule has 2 amide bonds. The highest BCUT2D eigenvalue weighted by Crippen LogP contribution is 2.42. The number of fused-ring (bicyclic) bond motifs is 2. The molecule has 0 aromatic heterocycles. The molecular weight excluding hydrogens is 421 g/mol. The molecule has 0 radical (unpaired) electrons. The van der Waals surface area contributed by atoms with Gasteiger partial charge in [-0.25, -0.2) is 0 Å². The minimum atomic E-state index is -4.48. The van der Waals surface area contributed by atoms with E-state index in [1.54, 1.807) is 22.8 Å². The van der Waals surface area contributed by atoms with Crippen molar-refractivity contribution in [2.75, 3.05) is 19.6 Å². The van der Waals surface area contributed by atoms with Gasteiger partial charge in [-0.2, -0.15) is 18.4 Å². The maximum absolute atomic E-state index is 13.5. The van der Waals surface area contributed by atoms with Gasteiger partial charge < -0.3 is 9.80 Å². The smallest absolute Gasteiger partial charge is 0.330 e. The first-order valence-corrected chi connectivity index (χ1v) is 11.1. The van der Waals surface area contributed by atoms with Crippen LogP contribution in [0.3, 0.4) is 0 Å². The minimum absolute atomic E-state index is 0.0754. The Bertz CT molecular complexity index is 944. The summed E-state index contributed by atoms with van der Waals surface area (Å²) in [5.41, 5.74) is -0.607. The first kappa shape index (κ1) is 22.6. The fourth-order valence-corrected chi connectivity index (χ4v) is 5.55. The Hall–Kier alpha value is -2.60. The highest BCUT2D eigenvalue weighted by atomic mass is 19.4. The van der Waals surface area contributed by atoms with Crippen molar-refractivity contribution in [1.82, 2.24) is 14.7 Å². The van der Waals surface area contributed by atoms with Crippen molar-refractivity contribution in [2.45, 2.75) is 63.5 Å². The van der Waals surface area contributed by atoms with Gasteiger partial charge in [-0.1, -0.05) is 25.1 Å². The van der Waals surface area contributed by atoms with Crippen LogP contribution in [0.25, 0.3) is 0 Å². The zero-order valence-electron chi connectivity index (χ0n) is 18.2. The third-order valence-corrected chi connectivity index (χ3v) is 7.06. The lowest BCUT2D eigenvalue weighted by molar-refractivity contribution is -0.144. The molecule has 0 spiro atoms. The molecule has 3 fully saturated rings. The molecule has 3 saturated heterocycles. The van der Waals surface area contributed by atoms with Crippen molar-refractivity contribution in [3.8, 4) is 6.07 Å². The van der Waals surface area contributed by atoms with Crippen LogP contribution < -0.4 is 0 Å². The molecule has 4 rings (SSSR count). The number of amides is 2. The van der Waals surface area contributed by atoms with E-state index in [1.165, 1.54) is 12.1 Å². The van der Waals surface area contributed by atoms with E-state index in [2.05, 4.69) is 6.07 Å². The van der Waals surface area contributed by atoms with Crippen molar-refractivity contribution in [3.63, 3.8) is 0 Å². The van der Waals surface area contributed by atoms with E-state index in [1.807, 2.05) is 11.8 Å². The Balaban J connectivity index is 1.44. The Morgan fingerprint density at radius 2 is 2.00 bits per heavy atom. The van der Waals surface area contributed by atoms with E-state index in [9.17, 15) is 28.0 Å². The third kappa shape index (κ3) is 3.85. The Morgan fingerprint density at radius 1 is 1.28 bits per heavy atom. The maximum Gasteiger partial charge on any atom is 0.416 e. The molecule has 1 unspecified atom stereocenters. The summed E-state index contributed by atoms with van der Waals surface area (Å²) in [5.74, 6) is -0.608. The number of hydrogen-bond acceptors (Lipinski definition) is 4. The number of rotatable bonds is 5. The molecule has 1 aromatic rings. The third-order valence-electron chi connectivity index (χ3n) is 7.06. The summed E-state index contributed by atoms with van der Waals surface area (Å²) < 4.78 is 40.4. The van der Waals surface area contributed by atoms with E-state index in [4.69, 9.17) is 0 Å². The second kappa shape index (κ2) is 8.39. The summed E-state index contributed by atoms with van der Waals surface area (Å²) in [4.78, 5) is 31.1. The van der Waals surface area contributed by atoms with Crippen LogP contribution in [0.1, 0.15) is 50.3 Å². The van der Waals surface area contributed by atoms with Crippen LogP contribution in [0, 0.1) is 17.2 Å². The second-order valence-corrected chi connectivity index (χ2v) is 9.09. The number of halogens is 3. The van der Waals surface area contributed by atoms with Crippen LogP contribution in [0.5, 0.6) is 0 Å².